The van der Waals surface area contributed by atoms with Gasteiger partial charge in [0.2, 0.25) is 0 Å². The molecule has 0 fully saturated rings. The summed E-state index contributed by atoms with van der Waals surface area (Å²) in [4.78, 5) is 6.28. The first-order valence-electron chi connectivity index (χ1n) is 12.3. The zero-order valence-corrected chi connectivity index (χ0v) is 22.2. The van der Waals surface area contributed by atoms with Gasteiger partial charge in [0, 0.05) is 53.3 Å². The van der Waals surface area contributed by atoms with Gasteiger partial charge in [0.25, 0.3) is 0 Å². The normalized spacial score (nSPS) is 14.2. The van der Waals surface area contributed by atoms with Crippen LogP contribution in [0.5, 0.6) is 5.75 Å². The SMILES string of the molecule is CN=c1ccc(CC(CC=CCC(C(=N)N(C)C)C(C)C)C(C)C)cc(OCCCOC)c1. The minimum Gasteiger partial charge on any atom is -0.493 e. The average Bonchev–Trinajstić information content (AvgIpc) is 2.96. The largest absolute Gasteiger partial charge is 0.493 e. The molecule has 0 bridgehead atoms. The maximum Gasteiger partial charge on any atom is 0.121 e. The van der Waals surface area contributed by atoms with Crippen LogP contribution in [0.15, 0.2) is 41.4 Å². The van der Waals surface area contributed by atoms with E-state index in [-0.39, 0.29) is 5.92 Å². The van der Waals surface area contributed by atoms with Gasteiger partial charge in [-0.25, -0.2) is 0 Å². The van der Waals surface area contributed by atoms with Crippen molar-refractivity contribution in [1.82, 2.24) is 4.90 Å². The van der Waals surface area contributed by atoms with Crippen molar-refractivity contribution >= 4 is 5.84 Å². The van der Waals surface area contributed by atoms with E-state index < -0.39 is 0 Å². The molecule has 0 saturated carbocycles. The van der Waals surface area contributed by atoms with Crippen molar-refractivity contribution in [2.24, 2.45) is 28.7 Å². The molecule has 2 unspecified atom stereocenters. The summed E-state index contributed by atoms with van der Waals surface area (Å²) in [6.45, 7) is 10.3. The Hall–Kier alpha value is -2.14. The van der Waals surface area contributed by atoms with Crippen LogP contribution in [-0.2, 0) is 11.2 Å². The van der Waals surface area contributed by atoms with Gasteiger partial charge < -0.3 is 14.4 Å². The van der Waals surface area contributed by atoms with Crippen molar-refractivity contribution in [3.05, 3.63) is 47.3 Å². The monoisotopic (exact) mass is 457 g/mol. The second-order valence-corrected chi connectivity index (χ2v) is 9.72. The molecular formula is C28H47N3O2. The van der Waals surface area contributed by atoms with Crippen LogP contribution in [0.2, 0.25) is 0 Å². The molecule has 1 aromatic rings. The average molecular weight is 458 g/mol. The molecule has 186 valence electrons. The van der Waals surface area contributed by atoms with Gasteiger partial charge in [0.05, 0.1) is 17.8 Å². The summed E-state index contributed by atoms with van der Waals surface area (Å²) >= 11 is 0. The van der Waals surface area contributed by atoms with Gasteiger partial charge in [-0.2, -0.15) is 0 Å². The number of allylic oxidation sites excluding steroid dienone is 2. The first kappa shape index (κ1) is 28.9. The molecule has 0 radical (unpaired) electrons. The molecule has 5 heteroatoms. The van der Waals surface area contributed by atoms with E-state index in [0.717, 1.165) is 36.8 Å². The smallest absolute Gasteiger partial charge is 0.121 e. The van der Waals surface area contributed by atoms with Crippen LogP contribution in [0.1, 0.15) is 52.5 Å². The van der Waals surface area contributed by atoms with Crippen LogP contribution in [0.4, 0.5) is 0 Å². The zero-order valence-electron chi connectivity index (χ0n) is 22.2. The number of nitrogens with one attached hydrogen (secondary N) is 1. The second kappa shape index (κ2) is 15.7. The first-order valence-corrected chi connectivity index (χ1v) is 12.3. The molecule has 0 saturated heterocycles. The Labute approximate surface area is 202 Å². The Balaban J connectivity index is 2.89. The summed E-state index contributed by atoms with van der Waals surface area (Å²) in [6.07, 6.45) is 8.41. The second-order valence-electron chi connectivity index (χ2n) is 9.72. The first-order chi connectivity index (χ1) is 15.7. The molecule has 0 aliphatic heterocycles. The van der Waals surface area contributed by atoms with Crippen LogP contribution < -0.4 is 10.1 Å². The van der Waals surface area contributed by atoms with Crippen LogP contribution in [0.25, 0.3) is 0 Å². The minimum atomic E-state index is 0.260. The molecule has 0 spiro atoms. The van der Waals surface area contributed by atoms with Crippen LogP contribution in [0.3, 0.4) is 0 Å². The highest BCUT2D eigenvalue weighted by Crippen LogP contribution is 2.24. The van der Waals surface area contributed by atoms with Crippen molar-refractivity contribution in [2.75, 3.05) is 41.5 Å². The van der Waals surface area contributed by atoms with Gasteiger partial charge in [-0.3, -0.25) is 10.4 Å². The van der Waals surface area contributed by atoms with E-state index in [4.69, 9.17) is 14.9 Å². The molecular weight excluding hydrogens is 410 g/mol. The van der Waals surface area contributed by atoms with Gasteiger partial charge >= 0.3 is 0 Å². The van der Waals surface area contributed by atoms with Crippen molar-refractivity contribution < 1.29 is 9.47 Å². The standard InChI is InChI=1S/C28H47N3O2/c1-21(2)24(12-9-10-13-27(22(3)4)28(29)31(6)7)18-23-14-15-25(30-5)20-26(19-23)33-17-11-16-32-8/h9-10,14-15,19-22,24,27,29H,11-13,16-18H2,1-8H3. The molecule has 0 aromatic heterocycles. The van der Waals surface area contributed by atoms with Gasteiger partial charge in [-0.15, -0.1) is 0 Å². The number of hydrogen-bond donors (Lipinski definition) is 1. The number of hydrogen-bond acceptors (Lipinski definition) is 4. The predicted molar refractivity (Wildman–Crippen MR) is 140 cm³/mol. The predicted octanol–water partition coefficient (Wildman–Crippen LogP) is 5.59. The lowest BCUT2D eigenvalue weighted by molar-refractivity contribution is 0.172. The number of nitrogens with zero attached hydrogens (tertiary/aromatic N) is 2. The van der Waals surface area contributed by atoms with E-state index in [1.54, 1.807) is 7.11 Å². The van der Waals surface area contributed by atoms with Crippen LogP contribution in [0, 0.1) is 29.1 Å². The fourth-order valence-electron chi connectivity index (χ4n) is 3.84. The van der Waals surface area contributed by atoms with E-state index in [2.05, 4.69) is 63.0 Å². The molecule has 1 N–H and O–H groups in total. The van der Waals surface area contributed by atoms with Crippen molar-refractivity contribution in [1.29, 1.82) is 5.41 Å². The molecule has 5 nitrogen and oxygen atoms in total. The van der Waals surface area contributed by atoms with E-state index >= 15 is 0 Å². The van der Waals surface area contributed by atoms with Crippen molar-refractivity contribution in [3.8, 4) is 5.75 Å². The van der Waals surface area contributed by atoms with Crippen molar-refractivity contribution in [2.45, 2.75) is 53.4 Å². The number of ether oxygens (including phenoxy) is 2. The number of methoxy groups -OCH3 is 1. The lowest BCUT2D eigenvalue weighted by atomic mass is 9.86. The Morgan fingerprint density at radius 1 is 1.03 bits per heavy atom. The summed E-state index contributed by atoms with van der Waals surface area (Å²) in [7, 11) is 7.45. The third-order valence-corrected chi connectivity index (χ3v) is 6.18. The number of rotatable bonds is 14. The molecule has 0 aliphatic carbocycles. The fourth-order valence-corrected chi connectivity index (χ4v) is 3.84. The molecule has 2 atom stereocenters. The van der Waals surface area contributed by atoms with E-state index in [1.165, 1.54) is 5.56 Å². The third kappa shape index (κ3) is 11.0. The lowest BCUT2D eigenvalue weighted by Gasteiger charge is -2.25. The summed E-state index contributed by atoms with van der Waals surface area (Å²) in [5.74, 6) is 3.40. The third-order valence-electron chi connectivity index (χ3n) is 6.18. The molecule has 0 amide bonds. The Kier molecular flexibility index (Phi) is 13.7. The van der Waals surface area contributed by atoms with Gasteiger partial charge in [0.15, 0.2) is 0 Å². The van der Waals surface area contributed by atoms with Crippen LogP contribution >= 0.6 is 0 Å². The van der Waals surface area contributed by atoms with E-state index in [1.807, 2.05) is 32.1 Å². The van der Waals surface area contributed by atoms with Crippen molar-refractivity contribution in [3.63, 3.8) is 0 Å². The summed E-state index contributed by atoms with van der Waals surface area (Å²) < 4.78 is 11.1. The van der Waals surface area contributed by atoms with Crippen LogP contribution in [-0.4, -0.2) is 52.2 Å². The van der Waals surface area contributed by atoms with Gasteiger partial charge in [-0.1, -0.05) is 45.9 Å². The molecule has 0 heterocycles. The highest BCUT2D eigenvalue weighted by Gasteiger charge is 2.19. The fraction of sp³-hybridized carbons (Fsp3) is 0.643. The highest BCUT2D eigenvalue weighted by atomic mass is 16.5. The summed E-state index contributed by atoms with van der Waals surface area (Å²) in [6, 6.07) is 8.42. The Morgan fingerprint density at radius 2 is 1.73 bits per heavy atom. The molecule has 0 aliphatic rings. The topological polar surface area (TPSA) is 57.9 Å². The number of amidine groups is 1. The van der Waals surface area contributed by atoms with E-state index in [9.17, 15) is 0 Å². The Bertz CT molecular complexity index is 800. The maximum absolute atomic E-state index is 8.38. The van der Waals surface area contributed by atoms with Gasteiger partial charge in [0.1, 0.15) is 5.75 Å². The lowest BCUT2D eigenvalue weighted by Crippen LogP contribution is -2.31. The highest BCUT2D eigenvalue weighted by molar-refractivity contribution is 5.81. The molecule has 33 heavy (non-hydrogen) atoms. The maximum atomic E-state index is 8.38. The quantitative estimate of drug-likeness (QED) is 0.171. The summed E-state index contributed by atoms with van der Waals surface area (Å²) in [5.41, 5.74) is 1.27. The minimum absolute atomic E-state index is 0.260. The summed E-state index contributed by atoms with van der Waals surface area (Å²) in [5, 5.41) is 9.30. The van der Waals surface area contributed by atoms with Gasteiger partial charge in [-0.05, 0) is 54.7 Å². The Morgan fingerprint density at radius 3 is 2.30 bits per heavy atom. The molecule has 1 rings (SSSR count). The molecule has 1 aromatic carbocycles. The zero-order chi connectivity index (χ0) is 24.8. The van der Waals surface area contributed by atoms with E-state index in [0.29, 0.717) is 36.8 Å².